The summed E-state index contributed by atoms with van der Waals surface area (Å²) in [6.07, 6.45) is -4.30. The maximum atomic E-state index is 11.8. The average molecular weight is 348 g/mol. The SMILES string of the molecule is FC(F)(F)COCCOc1ccc(Br)c(CCl)c1. The predicted molar refractivity (Wildman–Crippen MR) is 66.1 cm³/mol. The lowest BCUT2D eigenvalue weighted by atomic mass is 10.2. The Bertz CT molecular complexity index is 385. The van der Waals surface area contributed by atoms with Crippen LogP contribution in [0.4, 0.5) is 13.2 Å². The third-order valence-corrected chi connectivity index (χ3v) is 2.98. The number of halogens is 5. The van der Waals surface area contributed by atoms with E-state index in [9.17, 15) is 13.2 Å². The summed E-state index contributed by atoms with van der Waals surface area (Å²) in [4.78, 5) is 0. The van der Waals surface area contributed by atoms with Crippen LogP contribution < -0.4 is 4.74 Å². The molecule has 0 fully saturated rings. The quantitative estimate of drug-likeness (QED) is 0.569. The lowest BCUT2D eigenvalue weighted by molar-refractivity contribution is -0.175. The number of alkyl halides is 4. The predicted octanol–water partition coefficient (Wildman–Crippen LogP) is 4.15. The number of hydrogen-bond acceptors (Lipinski definition) is 2. The Morgan fingerprint density at radius 1 is 1.22 bits per heavy atom. The molecule has 18 heavy (non-hydrogen) atoms. The van der Waals surface area contributed by atoms with Crippen LogP contribution in [0.15, 0.2) is 22.7 Å². The molecule has 0 N–H and O–H groups in total. The molecule has 0 unspecified atom stereocenters. The van der Waals surface area contributed by atoms with Gasteiger partial charge in [-0.25, -0.2) is 0 Å². The van der Waals surface area contributed by atoms with Gasteiger partial charge in [-0.15, -0.1) is 11.6 Å². The Labute approximate surface area is 116 Å². The normalized spacial score (nSPS) is 11.6. The Morgan fingerprint density at radius 2 is 1.94 bits per heavy atom. The maximum absolute atomic E-state index is 11.8. The Hall–Kier alpha value is -0.460. The lowest BCUT2D eigenvalue weighted by Crippen LogP contribution is -2.19. The standard InChI is InChI=1S/C11H11BrClF3O2/c12-10-2-1-9(5-8(10)6-13)18-4-3-17-7-11(14,15)16/h1-2,5H,3-4,6-7H2. The molecule has 0 radical (unpaired) electrons. The summed E-state index contributed by atoms with van der Waals surface area (Å²) in [6, 6.07) is 5.19. The van der Waals surface area contributed by atoms with Crippen LogP contribution in [0.2, 0.25) is 0 Å². The first-order valence-corrected chi connectivity index (χ1v) is 6.37. The second-order valence-corrected chi connectivity index (χ2v) is 4.52. The lowest BCUT2D eigenvalue weighted by Gasteiger charge is -2.10. The molecular formula is C11H11BrClF3O2. The highest BCUT2D eigenvalue weighted by atomic mass is 79.9. The minimum atomic E-state index is -4.30. The molecule has 0 aromatic heterocycles. The van der Waals surface area contributed by atoms with Crippen LogP contribution >= 0.6 is 27.5 Å². The molecule has 0 aliphatic carbocycles. The van der Waals surface area contributed by atoms with Crippen molar-refractivity contribution in [2.24, 2.45) is 0 Å². The molecule has 1 rings (SSSR count). The van der Waals surface area contributed by atoms with Crippen molar-refractivity contribution < 1.29 is 22.6 Å². The first-order valence-electron chi connectivity index (χ1n) is 5.04. The molecule has 1 aromatic rings. The van der Waals surface area contributed by atoms with Crippen molar-refractivity contribution in [2.45, 2.75) is 12.1 Å². The number of ether oxygens (including phenoxy) is 2. The average Bonchev–Trinajstić information content (AvgIpc) is 2.29. The smallest absolute Gasteiger partial charge is 0.411 e. The van der Waals surface area contributed by atoms with Crippen molar-refractivity contribution in [3.8, 4) is 5.75 Å². The summed E-state index contributed by atoms with van der Waals surface area (Å²) in [5.74, 6) is 0.868. The molecule has 0 aliphatic heterocycles. The van der Waals surface area contributed by atoms with E-state index in [0.29, 0.717) is 11.6 Å². The zero-order valence-electron chi connectivity index (χ0n) is 9.27. The fraction of sp³-hybridized carbons (Fsp3) is 0.455. The van der Waals surface area contributed by atoms with E-state index in [4.69, 9.17) is 16.3 Å². The molecule has 102 valence electrons. The third-order valence-electron chi connectivity index (χ3n) is 1.92. The van der Waals surface area contributed by atoms with Crippen molar-refractivity contribution in [3.05, 3.63) is 28.2 Å². The van der Waals surface area contributed by atoms with Crippen molar-refractivity contribution >= 4 is 27.5 Å². The maximum Gasteiger partial charge on any atom is 0.411 e. The number of rotatable bonds is 6. The highest BCUT2D eigenvalue weighted by Crippen LogP contribution is 2.24. The van der Waals surface area contributed by atoms with E-state index in [1.807, 2.05) is 0 Å². The second-order valence-electron chi connectivity index (χ2n) is 3.40. The molecule has 0 amide bonds. The van der Waals surface area contributed by atoms with Crippen LogP contribution in [0.3, 0.4) is 0 Å². The van der Waals surface area contributed by atoms with Crippen LogP contribution in [0.5, 0.6) is 5.75 Å². The summed E-state index contributed by atoms with van der Waals surface area (Å²) in [5.41, 5.74) is 0.852. The van der Waals surface area contributed by atoms with Crippen LogP contribution in [0.1, 0.15) is 5.56 Å². The van der Waals surface area contributed by atoms with Gasteiger partial charge in [0.25, 0.3) is 0 Å². The van der Waals surface area contributed by atoms with Gasteiger partial charge in [-0.1, -0.05) is 15.9 Å². The van der Waals surface area contributed by atoms with Crippen LogP contribution in [0.25, 0.3) is 0 Å². The molecular weight excluding hydrogens is 336 g/mol. The molecule has 1 aromatic carbocycles. The van der Waals surface area contributed by atoms with Crippen LogP contribution in [-0.4, -0.2) is 26.0 Å². The van der Waals surface area contributed by atoms with E-state index in [2.05, 4.69) is 20.7 Å². The number of hydrogen-bond donors (Lipinski definition) is 0. The monoisotopic (exact) mass is 346 g/mol. The number of benzene rings is 1. The summed E-state index contributed by atoms with van der Waals surface area (Å²) in [6.45, 7) is -1.32. The van der Waals surface area contributed by atoms with Gasteiger partial charge in [0.1, 0.15) is 19.0 Å². The summed E-state index contributed by atoms with van der Waals surface area (Å²) in [5, 5.41) is 0. The van der Waals surface area contributed by atoms with E-state index in [1.54, 1.807) is 18.2 Å². The molecule has 2 nitrogen and oxygen atoms in total. The van der Waals surface area contributed by atoms with Crippen molar-refractivity contribution in [1.29, 1.82) is 0 Å². The van der Waals surface area contributed by atoms with E-state index >= 15 is 0 Å². The van der Waals surface area contributed by atoms with E-state index in [0.717, 1.165) is 10.0 Å². The van der Waals surface area contributed by atoms with Gasteiger partial charge in [0.15, 0.2) is 0 Å². The second kappa shape index (κ2) is 7.21. The van der Waals surface area contributed by atoms with Crippen molar-refractivity contribution in [3.63, 3.8) is 0 Å². The fourth-order valence-electron chi connectivity index (χ4n) is 1.15. The highest BCUT2D eigenvalue weighted by Gasteiger charge is 2.27. The van der Waals surface area contributed by atoms with Crippen molar-refractivity contribution in [1.82, 2.24) is 0 Å². The molecule has 0 spiro atoms. The first kappa shape index (κ1) is 15.6. The van der Waals surface area contributed by atoms with Gasteiger partial charge < -0.3 is 9.47 Å². The van der Waals surface area contributed by atoms with Crippen LogP contribution in [0, 0.1) is 0 Å². The molecule has 0 bridgehead atoms. The van der Waals surface area contributed by atoms with E-state index in [-0.39, 0.29) is 13.2 Å². The summed E-state index contributed by atoms with van der Waals surface area (Å²) < 4.78 is 45.8. The topological polar surface area (TPSA) is 18.5 Å². The van der Waals surface area contributed by atoms with Gasteiger partial charge in [-0.2, -0.15) is 13.2 Å². The zero-order valence-corrected chi connectivity index (χ0v) is 11.6. The van der Waals surface area contributed by atoms with E-state index < -0.39 is 12.8 Å². The van der Waals surface area contributed by atoms with E-state index in [1.165, 1.54) is 0 Å². The first-order chi connectivity index (χ1) is 8.42. The molecule has 0 atom stereocenters. The minimum absolute atomic E-state index is 0.0550. The molecule has 0 saturated heterocycles. The van der Waals surface area contributed by atoms with Gasteiger partial charge in [0.05, 0.1) is 6.61 Å². The Morgan fingerprint density at radius 3 is 2.56 bits per heavy atom. The molecule has 7 heteroatoms. The Kier molecular flexibility index (Phi) is 6.25. The van der Waals surface area contributed by atoms with Gasteiger partial charge in [0.2, 0.25) is 0 Å². The highest BCUT2D eigenvalue weighted by molar-refractivity contribution is 9.10. The summed E-state index contributed by atoms with van der Waals surface area (Å²) >= 11 is 9.02. The van der Waals surface area contributed by atoms with Gasteiger partial charge in [-0.05, 0) is 23.8 Å². The molecule has 0 heterocycles. The third kappa shape index (κ3) is 5.93. The zero-order chi connectivity index (χ0) is 13.6. The van der Waals surface area contributed by atoms with Crippen LogP contribution in [-0.2, 0) is 10.6 Å². The largest absolute Gasteiger partial charge is 0.491 e. The van der Waals surface area contributed by atoms with Gasteiger partial charge in [0, 0.05) is 10.4 Å². The van der Waals surface area contributed by atoms with Gasteiger partial charge in [-0.3, -0.25) is 0 Å². The fourth-order valence-corrected chi connectivity index (χ4v) is 1.92. The summed E-state index contributed by atoms with van der Waals surface area (Å²) in [7, 11) is 0. The van der Waals surface area contributed by atoms with Crippen molar-refractivity contribution in [2.75, 3.05) is 19.8 Å². The van der Waals surface area contributed by atoms with Gasteiger partial charge >= 0.3 is 6.18 Å². The Balaban J connectivity index is 2.31. The minimum Gasteiger partial charge on any atom is -0.491 e. The molecule has 0 aliphatic rings. The molecule has 0 saturated carbocycles.